The van der Waals surface area contributed by atoms with Gasteiger partial charge in [0, 0.05) is 88.5 Å². The standard InChI is InChI=1S/C69H80N2O12S5/c1-70(2)36-17-39-84-69(78)71(37-15-22-54(72)40-49(41-79-64(73)31-11-18-50-45-85-60-27-7-3-23-56(50)60)42-80-65(74)32-12-19-51-46-86-61-28-8-4-24-57(51)61)38-16-35-68(77)83-55(43-81-66(75)33-13-20-52-47-87-62-29-9-5-25-58(52)62)44-82-67(76)34-14-21-53-48-88-63-30-10-6-26-59(53)63/h3-10,23-30,45-49,55H,11-22,31-44H2,1-2H3. The maximum atomic E-state index is 13.8. The minimum Gasteiger partial charge on any atom is -0.465 e. The van der Waals surface area contributed by atoms with Gasteiger partial charge in [-0.25, -0.2) is 0 Å². The second kappa shape index (κ2) is 36.2. The van der Waals surface area contributed by atoms with E-state index in [1.165, 1.54) is 74.4 Å². The highest BCUT2D eigenvalue weighted by Gasteiger charge is 2.24. The Kier molecular flexibility index (Phi) is 27.8. The van der Waals surface area contributed by atoms with Crippen molar-refractivity contribution in [1.29, 1.82) is 0 Å². The Labute approximate surface area is 536 Å². The van der Waals surface area contributed by atoms with Gasteiger partial charge in [-0.05, 0) is 181 Å². The van der Waals surface area contributed by atoms with E-state index >= 15 is 0 Å². The van der Waals surface area contributed by atoms with E-state index < -0.39 is 29.9 Å². The van der Waals surface area contributed by atoms with E-state index in [0.717, 1.165) is 25.8 Å². The summed E-state index contributed by atoms with van der Waals surface area (Å²) < 4.78 is 33.3. The van der Waals surface area contributed by atoms with Crippen LogP contribution in [0.4, 0.5) is 4.79 Å². The molecule has 0 unspecified atom stereocenters. The summed E-state index contributed by atoms with van der Waals surface area (Å²) >= 11 is 7.88. The number of ether oxygens (including phenoxy) is 5. The molecule has 468 valence electrons. The van der Waals surface area contributed by atoms with E-state index in [0.29, 0.717) is 50.7 Å². The summed E-state index contributed by atoms with van der Waals surface area (Å²) in [4.78, 5) is 97.1. The number of hydrogen-bond donors (Lipinski definition) is 0. The van der Waals surface area contributed by atoms with Crippen LogP contribution in [0.1, 0.15) is 112 Å². The van der Waals surface area contributed by atoms with Crippen molar-refractivity contribution < 1.29 is 57.2 Å². The van der Waals surface area contributed by atoms with Gasteiger partial charge in [0.05, 0.1) is 13.2 Å². The fourth-order valence-corrected chi connectivity index (χ4v) is 15.2. The number of fused-ring (bicyclic) bond motifs is 4. The van der Waals surface area contributed by atoms with Gasteiger partial charge >= 0.3 is 29.8 Å². The van der Waals surface area contributed by atoms with Gasteiger partial charge in [0.25, 0.3) is 5.24 Å². The Morgan fingerprint density at radius 3 is 1.16 bits per heavy atom. The molecule has 0 saturated heterocycles. The summed E-state index contributed by atoms with van der Waals surface area (Å²) in [6.07, 6.45) is 6.23. The number of esters is 5. The summed E-state index contributed by atoms with van der Waals surface area (Å²) in [5, 5.41) is 13.0. The third-order valence-electron chi connectivity index (χ3n) is 15.1. The summed E-state index contributed by atoms with van der Waals surface area (Å²) in [7, 11) is 3.94. The van der Waals surface area contributed by atoms with Crippen LogP contribution < -0.4 is 0 Å². The van der Waals surface area contributed by atoms with Crippen LogP contribution in [0.5, 0.6) is 0 Å². The van der Waals surface area contributed by atoms with E-state index in [1.54, 1.807) is 50.2 Å². The zero-order valence-electron chi connectivity index (χ0n) is 50.4. The number of hydrogen-bond acceptors (Lipinski definition) is 18. The quantitative estimate of drug-likeness (QED) is 0.0202. The Morgan fingerprint density at radius 2 is 0.773 bits per heavy atom. The Morgan fingerprint density at radius 1 is 0.420 bits per heavy atom. The molecule has 0 radical (unpaired) electrons. The van der Waals surface area contributed by atoms with Crippen molar-refractivity contribution in [3.63, 3.8) is 0 Å². The molecule has 0 aliphatic heterocycles. The molecule has 0 aliphatic rings. The molecular weight excluding hydrogens is 1210 g/mol. The van der Waals surface area contributed by atoms with Gasteiger partial charge in [-0.2, -0.15) is 0 Å². The molecule has 0 saturated carbocycles. The van der Waals surface area contributed by atoms with Crippen molar-refractivity contribution in [1.82, 2.24) is 9.80 Å². The number of thiophene rings is 4. The SMILES string of the molecule is CN(C)CCCSC(=O)N(CCCC(=O)CC(COC(=O)CCCc1csc2ccccc12)COC(=O)CCCc1csc2ccccc12)CCCC(=O)OC(COC(=O)CCCc1csc2ccccc12)COC(=O)CCCc1csc2ccccc12. The second-order valence-corrected chi connectivity index (χ2v) is 27.1. The van der Waals surface area contributed by atoms with E-state index in [4.69, 9.17) is 23.7 Å². The molecule has 0 aliphatic carbocycles. The Balaban J connectivity index is 0.819. The third kappa shape index (κ3) is 22.2. The normalized spacial score (nSPS) is 11.6. The van der Waals surface area contributed by atoms with Crippen LogP contribution in [0, 0.1) is 5.92 Å². The maximum Gasteiger partial charge on any atom is 0.306 e. The smallest absolute Gasteiger partial charge is 0.306 e. The number of benzene rings is 4. The van der Waals surface area contributed by atoms with Crippen LogP contribution in [-0.2, 0) is 78.1 Å². The van der Waals surface area contributed by atoms with Crippen LogP contribution in [0.3, 0.4) is 0 Å². The minimum atomic E-state index is -1.05. The molecule has 1 amide bonds. The number of rotatable bonds is 39. The van der Waals surface area contributed by atoms with Crippen molar-refractivity contribution in [2.75, 3.05) is 65.9 Å². The minimum absolute atomic E-state index is 0.00623. The lowest BCUT2D eigenvalue weighted by molar-refractivity contribution is -0.167. The average Bonchev–Trinajstić information content (AvgIpc) is 4.38. The highest BCUT2D eigenvalue weighted by Crippen LogP contribution is 2.31. The summed E-state index contributed by atoms with van der Waals surface area (Å²) in [6, 6.07) is 32.7. The fraction of sp³-hybridized carbons (Fsp3) is 0.435. The molecule has 0 spiro atoms. The lowest BCUT2D eigenvalue weighted by Gasteiger charge is -2.23. The first-order valence-electron chi connectivity index (χ1n) is 30.6. The predicted molar refractivity (Wildman–Crippen MR) is 357 cm³/mol. The molecule has 8 rings (SSSR count). The van der Waals surface area contributed by atoms with Gasteiger partial charge in [0.2, 0.25) is 0 Å². The molecular formula is C69H80N2O12S5. The number of carbonyl (C=O) groups is 7. The molecule has 0 N–H and O–H groups in total. The van der Waals surface area contributed by atoms with Crippen LogP contribution in [0.2, 0.25) is 0 Å². The molecule has 14 nitrogen and oxygen atoms in total. The monoisotopic (exact) mass is 1290 g/mol. The highest BCUT2D eigenvalue weighted by atomic mass is 32.2. The van der Waals surface area contributed by atoms with E-state index in [1.807, 2.05) is 67.5 Å². The van der Waals surface area contributed by atoms with Crippen LogP contribution in [0.25, 0.3) is 40.3 Å². The molecule has 4 heterocycles. The van der Waals surface area contributed by atoms with Gasteiger partial charge in [-0.15, -0.1) is 45.3 Å². The zero-order valence-corrected chi connectivity index (χ0v) is 54.5. The zero-order chi connectivity index (χ0) is 61.9. The van der Waals surface area contributed by atoms with Crippen LogP contribution in [-0.4, -0.2) is 123 Å². The van der Waals surface area contributed by atoms with E-state index in [2.05, 4.69) is 70.1 Å². The number of thioether (sulfide) groups is 1. The molecule has 0 bridgehead atoms. The number of aryl methyl sites for hydroxylation is 4. The maximum absolute atomic E-state index is 13.8. The summed E-state index contributed by atoms with van der Waals surface area (Å²) in [5.41, 5.74) is 4.72. The van der Waals surface area contributed by atoms with Crippen LogP contribution >= 0.6 is 57.1 Å². The molecule has 0 atom stereocenters. The number of nitrogens with zero attached hydrogens (tertiary/aromatic N) is 2. The predicted octanol–water partition coefficient (Wildman–Crippen LogP) is 15.3. The van der Waals surface area contributed by atoms with E-state index in [9.17, 15) is 33.6 Å². The Hall–Kier alpha value is -6.48. The van der Waals surface area contributed by atoms with Gasteiger partial charge in [-0.1, -0.05) is 84.6 Å². The number of carbonyl (C=O) groups excluding carboxylic acids is 7. The van der Waals surface area contributed by atoms with Crippen molar-refractivity contribution in [2.24, 2.45) is 5.92 Å². The van der Waals surface area contributed by atoms with Gasteiger partial charge in [-0.3, -0.25) is 33.6 Å². The lowest BCUT2D eigenvalue weighted by Crippen LogP contribution is -2.32. The van der Waals surface area contributed by atoms with Gasteiger partial charge < -0.3 is 33.5 Å². The highest BCUT2D eigenvalue weighted by molar-refractivity contribution is 8.13. The number of amides is 1. The first kappa shape index (κ1) is 67.5. The summed E-state index contributed by atoms with van der Waals surface area (Å²) in [6.45, 7) is 0.487. The first-order chi connectivity index (χ1) is 42.8. The Bertz CT molecular complexity index is 3140. The molecule has 4 aromatic carbocycles. The number of ketones is 1. The summed E-state index contributed by atoms with van der Waals surface area (Å²) in [5.74, 6) is -2.39. The molecule has 88 heavy (non-hydrogen) atoms. The van der Waals surface area contributed by atoms with Crippen molar-refractivity contribution in [3.8, 4) is 0 Å². The van der Waals surface area contributed by atoms with Crippen molar-refractivity contribution in [3.05, 3.63) is 141 Å². The average molecular weight is 1290 g/mol. The number of Topliss-reactive ketones (excluding diaryl/α,β-unsaturated/α-hetero) is 1. The molecule has 4 aromatic heterocycles. The fourth-order valence-electron chi connectivity index (χ4n) is 10.4. The van der Waals surface area contributed by atoms with Gasteiger partial charge in [0.15, 0.2) is 6.10 Å². The van der Waals surface area contributed by atoms with E-state index in [-0.39, 0.29) is 114 Å². The molecule has 0 fully saturated rings. The first-order valence-corrected chi connectivity index (χ1v) is 35.1. The largest absolute Gasteiger partial charge is 0.465 e. The second-order valence-electron chi connectivity index (χ2n) is 22.4. The molecule has 8 aromatic rings. The van der Waals surface area contributed by atoms with Crippen molar-refractivity contribution >= 4 is 138 Å². The van der Waals surface area contributed by atoms with Crippen LogP contribution in [0.15, 0.2) is 119 Å². The molecule has 19 heteroatoms. The van der Waals surface area contributed by atoms with Gasteiger partial charge in [0.1, 0.15) is 19.0 Å². The third-order valence-corrected chi connectivity index (χ3v) is 20.2. The lowest BCUT2D eigenvalue weighted by atomic mass is 10.0. The van der Waals surface area contributed by atoms with Crippen molar-refractivity contribution in [2.45, 2.75) is 122 Å². The topological polar surface area (TPSA) is 172 Å².